The van der Waals surface area contributed by atoms with Gasteiger partial charge in [0.05, 0.1) is 0 Å². The molecule has 0 saturated carbocycles. The molecule has 13 heavy (non-hydrogen) atoms. The molecule has 0 aliphatic carbocycles. The maximum Gasteiger partial charge on any atom is 0.0228 e. The van der Waals surface area contributed by atoms with Crippen LogP contribution in [0.2, 0.25) is 0 Å². The normalized spacial score (nSPS) is 10.2. The van der Waals surface area contributed by atoms with Crippen molar-refractivity contribution >= 4 is 11.9 Å². The Hall–Kier alpha value is -0.470. The van der Waals surface area contributed by atoms with Gasteiger partial charge in [-0.1, -0.05) is 38.0 Å². The van der Waals surface area contributed by atoms with E-state index < -0.39 is 0 Å². The third-order valence-corrected chi connectivity index (χ3v) is 2.67. The van der Waals surface area contributed by atoms with Gasteiger partial charge in [0.1, 0.15) is 0 Å². The van der Waals surface area contributed by atoms with Crippen molar-refractivity contribution in [3.8, 4) is 0 Å². The minimum Gasteiger partial charge on any atom is -0.260 e. The summed E-state index contributed by atoms with van der Waals surface area (Å²) in [5.41, 5.74) is 0. The average Bonchev–Trinajstić information content (AvgIpc) is 2.19. The Morgan fingerprint density at radius 2 is 1.92 bits per heavy atom. The summed E-state index contributed by atoms with van der Waals surface area (Å²) in [5, 5.41) is 0. The fourth-order valence-electron chi connectivity index (χ4n) is 1.07. The van der Waals surface area contributed by atoms with Gasteiger partial charge in [0.2, 0.25) is 0 Å². The molecule has 1 aromatic carbocycles. The summed E-state index contributed by atoms with van der Waals surface area (Å²) in [6.45, 7) is 3.33. The molecule has 0 aliphatic rings. The molecule has 0 fully saturated rings. The highest BCUT2D eigenvalue weighted by Gasteiger charge is 1.90. The SMILES string of the molecule is CCCCCNSc1ccccc1. The lowest BCUT2D eigenvalue weighted by atomic mass is 10.3. The molecule has 1 nitrogen and oxygen atoms in total. The summed E-state index contributed by atoms with van der Waals surface area (Å²) in [6.07, 6.45) is 3.89. The standard InChI is InChI=1S/C11H17NS/c1-2-3-7-10-12-13-11-8-5-4-6-9-11/h4-6,8-9,12H,2-3,7,10H2,1H3. The Balaban J connectivity index is 2.07. The molecule has 0 aromatic heterocycles. The first-order valence-corrected chi connectivity index (χ1v) is 5.70. The molecule has 1 N–H and O–H groups in total. The van der Waals surface area contributed by atoms with E-state index in [2.05, 4.69) is 35.9 Å². The molecule has 2 heteroatoms. The van der Waals surface area contributed by atoms with Crippen LogP contribution in [-0.4, -0.2) is 6.54 Å². The highest BCUT2D eigenvalue weighted by Crippen LogP contribution is 2.12. The number of unbranched alkanes of at least 4 members (excludes halogenated alkanes) is 2. The summed E-state index contributed by atoms with van der Waals surface area (Å²) in [6, 6.07) is 10.4. The summed E-state index contributed by atoms with van der Waals surface area (Å²) < 4.78 is 3.35. The number of benzene rings is 1. The lowest BCUT2D eigenvalue weighted by Crippen LogP contribution is -2.04. The number of rotatable bonds is 6. The molecule has 0 radical (unpaired) electrons. The van der Waals surface area contributed by atoms with Crippen molar-refractivity contribution in [1.82, 2.24) is 4.72 Å². The van der Waals surface area contributed by atoms with Crippen LogP contribution in [0.1, 0.15) is 26.2 Å². The Labute approximate surface area is 85.1 Å². The van der Waals surface area contributed by atoms with Gasteiger partial charge in [-0.05, 0) is 30.5 Å². The van der Waals surface area contributed by atoms with Gasteiger partial charge >= 0.3 is 0 Å². The monoisotopic (exact) mass is 195 g/mol. The van der Waals surface area contributed by atoms with Crippen molar-refractivity contribution < 1.29 is 0 Å². The van der Waals surface area contributed by atoms with Crippen molar-refractivity contribution in [2.24, 2.45) is 0 Å². The zero-order chi connectivity index (χ0) is 9.36. The van der Waals surface area contributed by atoms with Crippen LogP contribution >= 0.6 is 11.9 Å². The van der Waals surface area contributed by atoms with Crippen molar-refractivity contribution in [3.63, 3.8) is 0 Å². The van der Waals surface area contributed by atoms with Crippen LogP contribution in [0.3, 0.4) is 0 Å². The van der Waals surface area contributed by atoms with E-state index in [1.54, 1.807) is 11.9 Å². The topological polar surface area (TPSA) is 12.0 Å². The van der Waals surface area contributed by atoms with E-state index in [9.17, 15) is 0 Å². The second kappa shape index (κ2) is 6.98. The van der Waals surface area contributed by atoms with Gasteiger partial charge in [-0.15, -0.1) is 0 Å². The van der Waals surface area contributed by atoms with Gasteiger partial charge in [-0.3, -0.25) is 4.72 Å². The van der Waals surface area contributed by atoms with E-state index in [1.165, 1.54) is 24.2 Å². The minimum absolute atomic E-state index is 1.10. The first-order chi connectivity index (χ1) is 6.43. The minimum atomic E-state index is 1.10. The molecule has 0 spiro atoms. The van der Waals surface area contributed by atoms with Gasteiger partial charge in [-0.25, -0.2) is 0 Å². The Morgan fingerprint density at radius 1 is 1.15 bits per heavy atom. The van der Waals surface area contributed by atoms with E-state index >= 15 is 0 Å². The van der Waals surface area contributed by atoms with Crippen molar-refractivity contribution in [3.05, 3.63) is 30.3 Å². The van der Waals surface area contributed by atoms with E-state index in [4.69, 9.17) is 0 Å². The highest BCUT2D eigenvalue weighted by atomic mass is 32.2. The van der Waals surface area contributed by atoms with Crippen LogP contribution in [0.15, 0.2) is 35.2 Å². The number of hydrogen-bond donors (Lipinski definition) is 1. The molecule has 1 rings (SSSR count). The van der Waals surface area contributed by atoms with E-state index in [0.717, 1.165) is 6.54 Å². The maximum absolute atomic E-state index is 3.35. The first kappa shape index (κ1) is 10.6. The second-order valence-electron chi connectivity index (χ2n) is 3.02. The lowest BCUT2D eigenvalue weighted by Gasteiger charge is -2.02. The zero-order valence-electron chi connectivity index (χ0n) is 8.12. The highest BCUT2D eigenvalue weighted by molar-refractivity contribution is 7.97. The van der Waals surface area contributed by atoms with Crippen LogP contribution in [0.5, 0.6) is 0 Å². The quantitative estimate of drug-likeness (QED) is 0.551. The fourth-order valence-corrected chi connectivity index (χ4v) is 1.78. The van der Waals surface area contributed by atoms with Gasteiger partial charge in [-0.2, -0.15) is 0 Å². The summed E-state index contributed by atoms with van der Waals surface area (Å²) in [4.78, 5) is 1.29. The number of hydrogen-bond acceptors (Lipinski definition) is 2. The first-order valence-electron chi connectivity index (χ1n) is 4.88. The fraction of sp³-hybridized carbons (Fsp3) is 0.455. The Kier molecular flexibility index (Phi) is 5.70. The lowest BCUT2D eigenvalue weighted by molar-refractivity contribution is 0.709. The molecule has 0 atom stereocenters. The van der Waals surface area contributed by atoms with Crippen LogP contribution in [0.25, 0.3) is 0 Å². The van der Waals surface area contributed by atoms with Crippen LogP contribution in [-0.2, 0) is 0 Å². The van der Waals surface area contributed by atoms with Crippen LogP contribution in [0, 0.1) is 0 Å². The molecule has 0 saturated heterocycles. The van der Waals surface area contributed by atoms with E-state index in [0.29, 0.717) is 0 Å². The summed E-state index contributed by atoms with van der Waals surface area (Å²) in [7, 11) is 0. The predicted octanol–water partition coefficient (Wildman–Crippen LogP) is 3.47. The smallest absolute Gasteiger partial charge is 0.0228 e. The molecule has 0 bridgehead atoms. The molecular formula is C11H17NS. The second-order valence-corrected chi connectivity index (χ2v) is 3.98. The van der Waals surface area contributed by atoms with Crippen molar-refractivity contribution in [1.29, 1.82) is 0 Å². The molecule has 0 unspecified atom stereocenters. The molecular weight excluding hydrogens is 178 g/mol. The molecule has 72 valence electrons. The summed E-state index contributed by atoms with van der Waals surface area (Å²) in [5.74, 6) is 0. The molecule has 1 aromatic rings. The zero-order valence-corrected chi connectivity index (χ0v) is 8.94. The third-order valence-electron chi connectivity index (χ3n) is 1.82. The van der Waals surface area contributed by atoms with E-state index in [-0.39, 0.29) is 0 Å². The molecule has 0 aliphatic heterocycles. The molecule has 0 amide bonds. The largest absolute Gasteiger partial charge is 0.260 e. The predicted molar refractivity (Wildman–Crippen MR) is 59.8 cm³/mol. The number of nitrogens with one attached hydrogen (secondary N) is 1. The average molecular weight is 195 g/mol. The summed E-state index contributed by atoms with van der Waals surface area (Å²) >= 11 is 1.72. The third kappa shape index (κ3) is 4.96. The van der Waals surface area contributed by atoms with E-state index in [1.807, 2.05) is 6.07 Å². The van der Waals surface area contributed by atoms with Crippen molar-refractivity contribution in [2.45, 2.75) is 31.1 Å². The van der Waals surface area contributed by atoms with Gasteiger partial charge in [0.25, 0.3) is 0 Å². The van der Waals surface area contributed by atoms with Crippen LogP contribution < -0.4 is 4.72 Å². The Morgan fingerprint density at radius 3 is 2.62 bits per heavy atom. The van der Waals surface area contributed by atoms with Gasteiger partial charge < -0.3 is 0 Å². The van der Waals surface area contributed by atoms with Crippen LogP contribution in [0.4, 0.5) is 0 Å². The van der Waals surface area contributed by atoms with Gasteiger partial charge in [0.15, 0.2) is 0 Å². The molecule has 0 heterocycles. The maximum atomic E-state index is 3.35. The Bertz CT molecular complexity index is 211. The van der Waals surface area contributed by atoms with Crippen molar-refractivity contribution in [2.75, 3.05) is 6.54 Å². The van der Waals surface area contributed by atoms with Gasteiger partial charge in [0, 0.05) is 11.4 Å².